The maximum absolute atomic E-state index is 13.7. The zero-order chi connectivity index (χ0) is 16.4. The Labute approximate surface area is 134 Å². The molecule has 1 aromatic carbocycles. The molecule has 23 heavy (non-hydrogen) atoms. The predicted molar refractivity (Wildman–Crippen MR) is 79.2 cm³/mol. The summed E-state index contributed by atoms with van der Waals surface area (Å²) < 4.78 is 13.7. The molecule has 0 unspecified atom stereocenters. The van der Waals surface area contributed by atoms with E-state index in [0.29, 0.717) is 44.3 Å². The normalized spacial score (nSPS) is 27.7. The zero-order valence-electron chi connectivity index (χ0n) is 12.7. The van der Waals surface area contributed by atoms with Gasteiger partial charge >= 0.3 is 0 Å². The molecule has 1 aromatic rings. The van der Waals surface area contributed by atoms with Gasteiger partial charge < -0.3 is 5.11 Å². The lowest BCUT2D eigenvalue weighted by Gasteiger charge is -2.30. The van der Waals surface area contributed by atoms with Crippen LogP contribution in [0.1, 0.15) is 49.3 Å². The predicted octanol–water partition coefficient (Wildman–Crippen LogP) is 2.45. The van der Waals surface area contributed by atoms with E-state index in [1.807, 2.05) is 6.07 Å². The average molecular weight is 318 g/mol. The number of rotatable bonds is 2. The van der Waals surface area contributed by atoms with Crippen LogP contribution in [0.2, 0.25) is 0 Å². The Morgan fingerprint density at radius 2 is 2.00 bits per heavy atom. The lowest BCUT2D eigenvalue weighted by Crippen LogP contribution is -2.37. The van der Waals surface area contributed by atoms with Gasteiger partial charge in [-0.2, -0.15) is 5.26 Å². The highest BCUT2D eigenvalue weighted by Crippen LogP contribution is 2.35. The monoisotopic (exact) mass is 318 g/mol. The van der Waals surface area contributed by atoms with Crippen LogP contribution in [-0.2, 0) is 9.63 Å². The maximum atomic E-state index is 13.7. The second-order valence-electron chi connectivity index (χ2n) is 6.19. The smallest absolute Gasteiger partial charge is 0.249 e. The molecule has 1 N–H and O–H groups in total. The SMILES string of the molecule is N#Cc1cc(F)cc([C@@H]2CCON2C(=O)C2CCC(O)CC2)c1. The third-order valence-electron chi connectivity index (χ3n) is 4.60. The number of carbonyl (C=O) groups excluding carboxylic acids is 1. The van der Waals surface area contributed by atoms with E-state index in [-0.39, 0.29) is 29.5 Å². The van der Waals surface area contributed by atoms with Crippen LogP contribution in [0.15, 0.2) is 18.2 Å². The molecule has 2 aliphatic rings. The standard InChI is InChI=1S/C17H19FN2O3/c18-14-8-11(10-19)7-13(9-14)16-5-6-23-20(16)17(22)12-1-3-15(21)4-2-12/h7-9,12,15-16,21H,1-6H2/t12?,15?,16-/m0/s1. The molecule has 6 heteroatoms. The summed E-state index contributed by atoms with van der Waals surface area (Å²) in [5.74, 6) is -0.760. The quantitative estimate of drug-likeness (QED) is 0.909. The van der Waals surface area contributed by atoms with Crippen molar-refractivity contribution in [2.45, 2.75) is 44.2 Å². The van der Waals surface area contributed by atoms with E-state index in [2.05, 4.69) is 0 Å². The van der Waals surface area contributed by atoms with E-state index >= 15 is 0 Å². The Morgan fingerprint density at radius 3 is 2.70 bits per heavy atom. The highest BCUT2D eigenvalue weighted by molar-refractivity contribution is 5.78. The van der Waals surface area contributed by atoms with Crippen LogP contribution in [0.4, 0.5) is 4.39 Å². The van der Waals surface area contributed by atoms with Gasteiger partial charge in [0.05, 0.1) is 30.4 Å². The van der Waals surface area contributed by atoms with Gasteiger partial charge in [0.2, 0.25) is 5.91 Å². The Hall–Kier alpha value is -1.97. The van der Waals surface area contributed by atoms with E-state index < -0.39 is 5.82 Å². The van der Waals surface area contributed by atoms with Crippen LogP contribution in [0.5, 0.6) is 0 Å². The first-order valence-corrected chi connectivity index (χ1v) is 7.93. The van der Waals surface area contributed by atoms with E-state index in [1.54, 1.807) is 6.07 Å². The molecule has 3 rings (SSSR count). The fourth-order valence-corrected chi connectivity index (χ4v) is 3.36. The van der Waals surface area contributed by atoms with Gasteiger partial charge in [0.15, 0.2) is 0 Å². The van der Waals surface area contributed by atoms with Crippen LogP contribution in [-0.4, -0.2) is 28.8 Å². The van der Waals surface area contributed by atoms with Gasteiger partial charge in [0, 0.05) is 12.3 Å². The first-order chi connectivity index (χ1) is 11.1. The summed E-state index contributed by atoms with van der Waals surface area (Å²) in [4.78, 5) is 18.2. The van der Waals surface area contributed by atoms with Crippen molar-refractivity contribution in [2.75, 3.05) is 6.61 Å². The molecular formula is C17H19FN2O3. The minimum Gasteiger partial charge on any atom is -0.393 e. The number of aliphatic hydroxyl groups excluding tert-OH is 1. The largest absolute Gasteiger partial charge is 0.393 e. The van der Waals surface area contributed by atoms with E-state index in [9.17, 15) is 14.3 Å². The van der Waals surface area contributed by atoms with Gasteiger partial charge in [0.1, 0.15) is 5.82 Å². The molecule has 1 heterocycles. The number of halogens is 1. The minimum absolute atomic E-state index is 0.109. The van der Waals surface area contributed by atoms with Gasteiger partial charge in [-0.1, -0.05) is 0 Å². The summed E-state index contributed by atoms with van der Waals surface area (Å²) in [6, 6.07) is 5.70. The third kappa shape index (κ3) is 3.36. The summed E-state index contributed by atoms with van der Waals surface area (Å²) in [6.07, 6.45) is 2.77. The molecule has 0 radical (unpaired) electrons. The number of nitrogens with zero attached hydrogens (tertiary/aromatic N) is 2. The van der Waals surface area contributed by atoms with Crippen molar-refractivity contribution in [1.82, 2.24) is 5.06 Å². The van der Waals surface area contributed by atoms with Crippen molar-refractivity contribution in [3.63, 3.8) is 0 Å². The van der Waals surface area contributed by atoms with Crippen molar-refractivity contribution < 1.29 is 19.1 Å². The van der Waals surface area contributed by atoms with E-state index in [4.69, 9.17) is 10.1 Å². The molecule has 1 saturated carbocycles. The number of nitriles is 1. The first kappa shape index (κ1) is 15.9. The molecule has 0 bridgehead atoms. The average Bonchev–Trinajstić information content (AvgIpc) is 3.04. The summed E-state index contributed by atoms with van der Waals surface area (Å²) in [5, 5.41) is 19.9. The Morgan fingerprint density at radius 1 is 1.26 bits per heavy atom. The molecule has 1 saturated heterocycles. The molecule has 1 aliphatic carbocycles. The number of hydrogen-bond donors (Lipinski definition) is 1. The van der Waals surface area contributed by atoms with Gasteiger partial charge in [0.25, 0.3) is 0 Å². The Balaban J connectivity index is 1.79. The highest BCUT2D eigenvalue weighted by Gasteiger charge is 2.37. The van der Waals surface area contributed by atoms with Crippen molar-refractivity contribution >= 4 is 5.91 Å². The third-order valence-corrected chi connectivity index (χ3v) is 4.60. The van der Waals surface area contributed by atoms with Crippen LogP contribution in [0, 0.1) is 23.1 Å². The molecule has 1 amide bonds. The Kier molecular flexibility index (Phi) is 4.60. The van der Waals surface area contributed by atoms with Crippen LogP contribution in [0.3, 0.4) is 0 Å². The summed E-state index contributed by atoms with van der Waals surface area (Å²) in [5.41, 5.74) is 0.823. The molecule has 1 atom stereocenters. The molecule has 5 nitrogen and oxygen atoms in total. The number of carbonyl (C=O) groups is 1. The molecule has 122 valence electrons. The second kappa shape index (κ2) is 6.65. The van der Waals surface area contributed by atoms with E-state index in [1.165, 1.54) is 17.2 Å². The van der Waals surface area contributed by atoms with Crippen molar-refractivity contribution in [1.29, 1.82) is 5.26 Å². The van der Waals surface area contributed by atoms with Crippen molar-refractivity contribution in [2.24, 2.45) is 5.92 Å². The summed E-state index contributed by atoms with van der Waals surface area (Å²) >= 11 is 0. The minimum atomic E-state index is -0.487. The molecule has 2 fully saturated rings. The molecule has 0 spiro atoms. The molecule has 0 aromatic heterocycles. The van der Waals surface area contributed by atoms with Gasteiger partial charge in [-0.05, 0) is 49.4 Å². The lowest BCUT2D eigenvalue weighted by molar-refractivity contribution is -0.183. The highest BCUT2D eigenvalue weighted by atomic mass is 19.1. The Bertz CT molecular complexity index is 635. The topological polar surface area (TPSA) is 73.6 Å². The number of benzene rings is 1. The van der Waals surface area contributed by atoms with Gasteiger partial charge in [-0.25, -0.2) is 9.45 Å². The van der Waals surface area contributed by atoms with Crippen molar-refractivity contribution in [3.05, 3.63) is 35.1 Å². The summed E-state index contributed by atoms with van der Waals surface area (Å²) in [7, 11) is 0. The fraction of sp³-hybridized carbons (Fsp3) is 0.529. The first-order valence-electron chi connectivity index (χ1n) is 7.93. The zero-order valence-corrected chi connectivity index (χ0v) is 12.7. The van der Waals surface area contributed by atoms with Crippen molar-refractivity contribution in [3.8, 4) is 6.07 Å². The van der Waals surface area contributed by atoms with Crippen LogP contribution in [0.25, 0.3) is 0 Å². The van der Waals surface area contributed by atoms with Gasteiger partial charge in [-0.15, -0.1) is 0 Å². The summed E-state index contributed by atoms with van der Waals surface area (Å²) in [6.45, 7) is 0.393. The second-order valence-corrected chi connectivity index (χ2v) is 6.19. The maximum Gasteiger partial charge on any atom is 0.249 e. The van der Waals surface area contributed by atoms with Gasteiger partial charge in [-0.3, -0.25) is 9.63 Å². The number of aliphatic hydroxyl groups is 1. The number of hydroxylamine groups is 2. The van der Waals surface area contributed by atoms with Crippen LogP contribution < -0.4 is 0 Å². The lowest BCUT2D eigenvalue weighted by atomic mass is 9.86. The molecule has 1 aliphatic heterocycles. The number of amides is 1. The van der Waals surface area contributed by atoms with Crippen LogP contribution >= 0.6 is 0 Å². The van der Waals surface area contributed by atoms with E-state index in [0.717, 1.165) is 0 Å². The molecular weight excluding hydrogens is 299 g/mol. The number of hydrogen-bond acceptors (Lipinski definition) is 4. The fourth-order valence-electron chi connectivity index (χ4n) is 3.36.